The summed E-state index contributed by atoms with van der Waals surface area (Å²) in [7, 11) is -3.24. The van der Waals surface area contributed by atoms with E-state index in [0.717, 1.165) is 11.3 Å². The molecule has 2 nitrogen and oxygen atoms in total. The minimum atomic E-state index is -3.24. The first-order valence-corrected chi connectivity index (χ1v) is 8.74. The molecule has 1 aliphatic heterocycles. The van der Waals surface area contributed by atoms with Gasteiger partial charge in [-0.05, 0) is 18.6 Å². The third kappa shape index (κ3) is 3.62. The summed E-state index contributed by atoms with van der Waals surface area (Å²) in [6.45, 7) is 2.18. The van der Waals surface area contributed by atoms with Crippen LogP contribution in [0.1, 0.15) is 32.6 Å². The zero-order valence-electron chi connectivity index (χ0n) is 10.5. The molecule has 1 heterocycles. The number of unbranched alkanes of at least 4 members (excludes halogenated alkanes) is 2. The molecule has 1 saturated heterocycles. The summed E-state index contributed by atoms with van der Waals surface area (Å²) in [4.78, 5) is 1.41. The monoisotopic (exact) mass is 282 g/mol. The summed E-state index contributed by atoms with van der Waals surface area (Å²) in [5, 5.41) is 1.89. The lowest BCUT2D eigenvalue weighted by molar-refractivity contribution is 0.604. The van der Waals surface area contributed by atoms with E-state index in [1.807, 2.05) is 6.07 Å². The molecule has 0 aliphatic carbocycles. The van der Waals surface area contributed by atoms with Crippen molar-refractivity contribution in [1.82, 2.24) is 0 Å². The second-order valence-corrected chi connectivity index (χ2v) is 7.55. The van der Waals surface area contributed by atoms with Crippen LogP contribution in [-0.2, 0) is 9.84 Å². The van der Waals surface area contributed by atoms with Crippen LogP contribution in [0, 0.1) is 0 Å². The molecule has 0 spiro atoms. The van der Waals surface area contributed by atoms with E-state index < -0.39 is 9.84 Å². The van der Waals surface area contributed by atoms with E-state index >= 15 is 0 Å². The number of hydrogen-bond acceptors (Lipinski definition) is 3. The number of rotatable bonds is 6. The lowest BCUT2D eigenvalue weighted by atomic mass is 10.2. The molecule has 1 aliphatic rings. The van der Waals surface area contributed by atoms with Gasteiger partial charge in [-0.2, -0.15) is 0 Å². The molecule has 0 radical (unpaired) electrons. The van der Waals surface area contributed by atoms with Crippen molar-refractivity contribution in [1.29, 1.82) is 0 Å². The summed E-state index contributed by atoms with van der Waals surface area (Å²) in [6.07, 6.45) is 4.74. The van der Waals surface area contributed by atoms with Crippen LogP contribution < -0.4 is 0 Å². The Morgan fingerprint density at radius 2 is 1.94 bits per heavy atom. The zero-order valence-corrected chi connectivity index (χ0v) is 12.1. The molecule has 1 unspecified atom stereocenters. The third-order valence-electron chi connectivity index (χ3n) is 2.95. The van der Waals surface area contributed by atoms with Gasteiger partial charge < -0.3 is 0 Å². The maximum atomic E-state index is 12.1. The largest absolute Gasteiger partial charge is 0.219 e. The van der Waals surface area contributed by atoms with Crippen LogP contribution in [0.2, 0.25) is 0 Å². The van der Waals surface area contributed by atoms with Crippen LogP contribution in [0.15, 0.2) is 45.5 Å². The van der Waals surface area contributed by atoms with Crippen LogP contribution in [-0.4, -0.2) is 13.7 Å². The molecule has 0 aromatic heterocycles. The molecular weight excluding hydrogens is 264 g/mol. The Labute approximate surface area is 113 Å². The highest BCUT2D eigenvalue weighted by molar-refractivity contribution is 8.12. The molecular formula is C14H18O2S2. The van der Waals surface area contributed by atoms with Gasteiger partial charge in [-0.3, -0.25) is 0 Å². The van der Waals surface area contributed by atoms with E-state index in [4.69, 9.17) is 0 Å². The Kier molecular flexibility index (Phi) is 4.51. The summed E-state index contributed by atoms with van der Waals surface area (Å²) in [5.41, 5.74) is 0. The normalized spacial score (nSPS) is 21.2. The molecule has 1 atom stereocenters. The SMILES string of the molecule is CCCCCC1SC1=CS(=O)(=O)c1ccccc1. The fraction of sp³-hybridized carbons (Fsp3) is 0.429. The Bertz CT molecular complexity index is 518. The highest BCUT2D eigenvalue weighted by atomic mass is 32.2. The van der Waals surface area contributed by atoms with Gasteiger partial charge in [0.25, 0.3) is 0 Å². The van der Waals surface area contributed by atoms with Crippen molar-refractivity contribution in [2.24, 2.45) is 0 Å². The Morgan fingerprint density at radius 3 is 2.61 bits per heavy atom. The van der Waals surface area contributed by atoms with Crippen molar-refractivity contribution < 1.29 is 8.42 Å². The Morgan fingerprint density at radius 1 is 1.22 bits per heavy atom. The van der Waals surface area contributed by atoms with Crippen molar-refractivity contribution in [3.8, 4) is 0 Å². The molecule has 2 rings (SSSR count). The Hall–Kier alpha value is -0.740. The lowest BCUT2D eigenvalue weighted by Gasteiger charge is -1.97. The van der Waals surface area contributed by atoms with Crippen LogP contribution in [0.3, 0.4) is 0 Å². The predicted octanol–water partition coefficient (Wildman–Crippen LogP) is 4.00. The number of sulfone groups is 1. The number of thioether (sulfide) groups is 1. The van der Waals surface area contributed by atoms with Crippen LogP contribution in [0.25, 0.3) is 0 Å². The van der Waals surface area contributed by atoms with Gasteiger partial charge in [-0.25, -0.2) is 8.42 Å². The summed E-state index contributed by atoms with van der Waals surface area (Å²) in [5.74, 6) is 0. The highest BCUT2D eigenvalue weighted by Gasteiger charge is 2.32. The van der Waals surface area contributed by atoms with Gasteiger partial charge >= 0.3 is 0 Å². The first-order chi connectivity index (χ1) is 8.63. The lowest BCUT2D eigenvalue weighted by Crippen LogP contribution is -1.96. The zero-order chi connectivity index (χ0) is 13.0. The topological polar surface area (TPSA) is 34.1 Å². The molecule has 98 valence electrons. The van der Waals surface area contributed by atoms with Gasteiger partial charge in [0.1, 0.15) is 0 Å². The van der Waals surface area contributed by atoms with Gasteiger partial charge in [0.15, 0.2) is 0 Å². The molecule has 0 amide bonds. The summed E-state index contributed by atoms with van der Waals surface area (Å²) in [6, 6.07) is 8.62. The van der Waals surface area contributed by atoms with E-state index in [1.54, 1.807) is 36.0 Å². The molecule has 0 N–H and O–H groups in total. The molecule has 1 fully saturated rings. The first-order valence-electron chi connectivity index (χ1n) is 6.32. The second kappa shape index (κ2) is 5.93. The van der Waals surface area contributed by atoms with E-state index in [2.05, 4.69) is 6.92 Å². The number of hydrogen-bond donors (Lipinski definition) is 0. The summed E-state index contributed by atoms with van der Waals surface area (Å²) >= 11 is 1.69. The van der Waals surface area contributed by atoms with Crippen molar-refractivity contribution in [2.75, 3.05) is 0 Å². The Balaban J connectivity index is 1.98. The average molecular weight is 282 g/mol. The minimum absolute atomic E-state index is 0.386. The van der Waals surface area contributed by atoms with Gasteiger partial charge in [0.05, 0.1) is 4.90 Å². The fourth-order valence-electron chi connectivity index (χ4n) is 1.85. The van der Waals surface area contributed by atoms with E-state index in [9.17, 15) is 8.42 Å². The smallest absolute Gasteiger partial charge is 0.200 e. The minimum Gasteiger partial charge on any atom is -0.219 e. The van der Waals surface area contributed by atoms with E-state index in [-0.39, 0.29) is 0 Å². The van der Waals surface area contributed by atoms with Gasteiger partial charge in [0.2, 0.25) is 9.84 Å². The molecule has 0 saturated carbocycles. The average Bonchev–Trinajstić information content (AvgIpc) is 3.08. The maximum Gasteiger partial charge on any atom is 0.200 e. The first kappa shape index (κ1) is 13.7. The van der Waals surface area contributed by atoms with Crippen LogP contribution in [0.5, 0.6) is 0 Å². The molecule has 18 heavy (non-hydrogen) atoms. The van der Waals surface area contributed by atoms with Crippen LogP contribution >= 0.6 is 11.8 Å². The van der Waals surface area contributed by atoms with Gasteiger partial charge in [-0.1, -0.05) is 44.4 Å². The van der Waals surface area contributed by atoms with Gasteiger partial charge in [0, 0.05) is 15.6 Å². The van der Waals surface area contributed by atoms with Crippen molar-refractivity contribution in [3.63, 3.8) is 0 Å². The number of benzene rings is 1. The van der Waals surface area contributed by atoms with Gasteiger partial charge in [-0.15, -0.1) is 11.8 Å². The molecule has 1 aromatic rings. The van der Waals surface area contributed by atoms with Crippen molar-refractivity contribution in [2.45, 2.75) is 42.8 Å². The fourth-order valence-corrected chi connectivity index (χ4v) is 4.41. The van der Waals surface area contributed by atoms with E-state index in [1.165, 1.54) is 24.7 Å². The van der Waals surface area contributed by atoms with E-state index in [0.29, 0.717) is 10.1 Å². The summed E-state index contributed by atoms with van der Waals surface area (Å²) < 4.78 is 24.1. The third-order valence-corrected chi connectivity index (χ3v) is 5.79. The standard InChI is InChI=1S/C14H18O2S2/c1-2-3-5-10-13-14(17-13)11-18(15,16)12-8-6-4-7-9-12/h4,6-9,11,13H,2-3,5,10H2,1H3. The van der Waals surface area contributed by atoms with Crippen molar-refractivity contribution in [3.05, 3.63) is 40.6 Å². The predicted molar refractivity (Wildman–Crippen MR) is 77.2 cm³/mol. The molecule has 4 heteroatoms. The maximum absolute atomic E-state index is 12.1. The second-order valence-electron chi connectivity index (χ2n) is 4.48. The highest BCUT2D eigenvalue weighted by Crippen LogP contribution is 2.49. The quantitative estimate of drug-likeness (QED) is 0.584. The molecule has 1 aromatic carbocycles. The molecule has 0 bridgehead atoms. The van der Waals surface area contributed by atoms with Crippen molar-refractivity contribution >= 4 is 21.6 Å². The van der Waals surface area contributed by atoms with Crippen LogP contribution in [0.4, 0.5) is 0 Å².